The standard InChI is InChI=1S/C11H14N2O2/c12-10(15)9(14)11(13)6-8(11)7-4-2-1-3-5-7/h1-5,8-9,14H,6,13H2,(H2,12,15)/t8?,9?,11-/m1/s1. The lowest BCUT2D eigenvalue weighted by atomic mass is 10.0. The lowest BCUT2D eigenvalue weighted by Gasteiger charge is -2.16. The Kier molecular flexibility index (Phi) is 2.25. The number of carbonyl (C=O) groups is 1. The van der Waals surface area contributed by atoms with Gasteiger partial charge in [-0.2, -0.15) is 0 Å². The maximum Gasteiger partial charge on any atom is 0.248 e. The molecule has 1 aromatic carbocycles. The molecule has 4 heteroatoms. The van der Waals surface area contributed by atoms with E-state index in [1.54, 1.807) is 0 Å². The molecule has 0 aliphatic heterocycles. The molecule has 0 spiro atoms. The summed E-state index contributed by atoms with van der Waals surface area (Å²) in [5.41, 5.74) is 11.1. The van der Waals surface area contributed by atoms with Gasteiger partial charge in [-0.3, -0.25) is 4.79 Å². The number of hydrogen-bond acceptors (Lipinski definition) is 3. The fourth-order valence-electron chi connectivity index (χ4n) is 1.98. The third-order valence-corrected chi connectivity index (χ3v) is 3.03. The minimum atomic E-state index is -1.26. The Morgan fingerprint density at radius 2 is 2.07 bits per heavy atom. The van der Waals surface area contributed by atoms with Crippen LogP contribution in [0.4, 0.5) is 0 Å². The van der Waals surface area contributed by atoms with Crippen molar-refractivity contribution in [2.24, 2.45) is 11.5 Å². The lowest BCUT2D eigenvalue weighted by molar-refractivity contribution is -0.127. The van der Waals surface area contributed by atoms with Crippen molar-refractivity contribution in [3.05, 3.63) is 35.9 Å². The SMILES string of the molecule is NC(=O)C(O)[C@@]1(N)CC1c1ccccc1. The molecule has 15 heavy (non-hydrogen) atoms. The monoisotopic (exact) mass is 206 g/mol. The van der Waals surface area contributed by atoms with Crippen molar-refractivity contribution >= 4 is 5.91 Å². The van der Waals surface area contributed by atoms with Crippen LogP contribution in [0.2, 0.25) is 0 Å². The highest BCUT2D eigenvalue weighted by atomic mass is 16.3. The Hall–Kier alpha value is -1.39. The minimum absolute atomic E-state index is 0.0289. The second kappa shape index (κ2) is 3.32. The minimum Gasteiger partial charge on any atom is -0.381 e. The first-order valence-electron chi connectivity index (χ1n) is 4.87. The van der Waals surface area contributed by atoms with E-state index < -0.39 is 17.6 Å². The Bertz CT molecular complexity index is 379. The van der Waals surface area contributed by atoms with Crippen LogP contribution >= 0.6 is 0 Å². The van der Waals surface area contributed by atoms with E-state index in [4.69, 9.17) is 11.5 Å². The summed E-state index contributed by atoms with van der Waals surface area (Å²) in [7, 11) is 0. The molecule has 0 aromatic heterocycles. The average Bonchev–Trinajstić information content (AvgIpc) is 2.92. The summed E-state index contributed by atoms with van der Waals surface area (Å²) >= 11 is 0. The van der Waals surface area contributed by atoms with E-state index in [9.17, 15) is 9.90 Å². The van der Waals surface area contributed by atoms with Gasteiger partial charge in [0.2, 0.25) is 5.91 Å². The molecular weight excluding hydrogens is 192 g/mol. The molecule has 5 N–H and O–H groups in total. The van der Waals surface area contributed by atoms with Crippen molar-refractivity contribution in [2.45, 2.75) is 24.0 Å². The Morgan fingerprint density at radius 1 is 1.47 bits per heavy atom. The van der Waals surface area contributed by atoms with Crippen LogP contribution in [0.5, 0.6) is 0 Å². The van der Waals surface area contributed by atoms with Crippen LogP contribution in [-0.2, 0) is 4.79 Å². The Balaban J connectivity index is 2.16. The lowest BCUT2D eigenvalue weighted by Crippen LogP contribution is -2.47. The van der Waals surface area contributed by atoms with Gasteiger partial charge in [0.05, 0.1) is 5.54 Å². The molecular formula is C11H14N2O2. The largest absolute Gasteiger partial charge is 0.381 e. The van der Waals surface area contributed by atoms with Gasteiger partial charge in [0.1, 0.15) is 0 Å². The molecule has 1 amide bonds. The predicted molar refractivity (Wildman–Crippen MR) is 55.9 cm³/mol. The van der Waals surface area contributed by atoms with E-state index in [1.165, 1.54) is 0 Å². The van der Waals surface area contributed by atoms with Crippen molar-refractivity contribution < 1.29 is 9.90 Å². The summed E-state index contributed by atoms with van der Waals surface area (Å²) in [5.74, 6) is -0.725. The average molecular weight is 206 g/mol. The van der Waals surface area contributed by atoms with Crippen molar-refractivity contribution in [3.63, 3.8) is 0 Å². The number of nitrogens with two attached hydrogens (primary N) is 2. The van der Waals surface area contributed by atoms with Crippen LogP contribution in [0.25, 0.3) is 0 Å². The third kappa shape index (κ3) is 1.62. The van der Waals surface area contributed by atoms with Gasteiger partial charge < -0.3 is 16.6 Å². The number of amides is 1. The number of rotatable bonds is 3. The summed E-state index contributed by atoms with van der Waals surface area (Å²) in [6.45, 7) is 0. The molecule has 1 aliphatic rings. The third-order valence-electron chi connectivity index (χ3n) is 3.03. The fraction of sp³-hybridized carbons (Fsp3) is 0.364. The molecule has 1 aromatic rings. The summed E-state index contributed by atoms with van der Waals surface area (Å²) in [4.78, 5) is 10.9. The molecule has 2 unspecified atom stereocenters. The van der Waals surface area contributed by atoms with E-state index in [0.29, 0.717) is 6.42 Å². The van der Waals surface area contributed by atoms with Gasteiger partial charge in [-0.15, -0.1) is 0 Å². The summed E-state index contributed by atoms with van der Waals surface area (Å²) in [6.07, 6.45) is -0.663. The first kappa shape index (κ1) is 10.1. The number of aliphatic hydroxyl groups is 1. The van der Waals surface area contributed by atoms with Crippen molar-refractivity contribution in [3.8, 4) is 0 Å². The molecule has 1 saturated carbocycles. The van der Waals surface area contributed by atoms with Crippen LogP contribution < -0.4 is 11.5 Å². The Labute approximate surface area is 87.9 Å². The molecule has 0 radical (unpaired) electrons. The molecule has 4 nitrogen and oxygen atoms in total. The van der Waals surface area contributed by atoms with Gasteiger partial charge >= 0.3 is 0 Å². The van der Waals surface area contributed by atoms with Gasteiger partial charge in [-0.05, 0) is 12.0 Å². The topological polar surface area (TPSA) is 89.3 Å². The van der Waals surface area contributed by atoms with Gasteiger partial charge in [0.25, 0.3) is 0 Å². The zero-order chi connectivity index (χ0) is 11.1. The molecule has 0 bridgehead atoms. The molecule has 80 valence electrons. The van der Waals surface area contributed by atoms with E-state index in [0.717, 1.165) is 5.56 Å². The van der Waals surface area contributed by atoms with Crippen LogP contribution in [0, 0.1) is 0 Å². The van der Waals surface area contributed by atoms with E-state index >= 15 is 0 Å². The molecule has 2 rings (SSSR count). The number of aliphatic hydroxyl groups excluding tert-OH is 1. The van der Waals surface area contributed by atoms with E-state index in [1.807, 2.05) is 30.3 Å². The number of primary amides is 1. The number of carbonyl (C=O) groups excluding carboxylic acids is 1. The van der Waals surface area contributed by atoms with E-state index in [2.05, 4.69) is 0 Å². The van der Waals surface area contributed by atoms with Crippen LogP contribution in [0.1, 0.15) is 17.9 Å². The summed E-state index contributed by atoms with van der Waals surface area (Å²) < 4.78 is 0. The van der Waals surface area contributed by atoms with E-state index in [-0.39, 0.29) is 5.92 Å². The second-order valence-electron chi connectivity index (χ2n) is 4.08. The first-order chi connectivity index (χ1) is 7.05. The first-order valence-corrected chi connectivity index (χ1v) is 4.87. The van der Waals surface area contributed by atoms with Gasteiger partial charge in [0.15, 0.2) is 6.10 Å². The maximum absolute atomic E-state index is 10.9. The second-order valence-corrected chi connectivity index (χ2v) is 4.08. The smallest absolute Gasteiger partial charge is 0.248 e. The summed E-state index contributed by atoms with van der Waals surface area (Å²) in [6, 6.07) is 9.60. The van der Waals surface area contributed by atoms with Crippen LogP contribution in [0.15, 0.2) is 30.3 Å². The highest BCUT2D eigenvalue weighted by Crippen LogP contribution is 2.51. The molecule has 1 aliphatic carbocycles. The van der Waals surface area contributed by atoms with Gasteiger partial charge in [-0.25, -0.2) is 0 Å². The number of benzene rings is 1. The van der Waals surface area contributed by atoms with Gasteiger partial charge in [0, 0.05) is 5.92 Å². The zero-order valence-corrected chi connectivity index (χ0v) is 8.26. The highest BCUT2D eigenvalue weighted by Gasteiger charge is 2.58. The van der Waals surface area contributed by atoms with Gasteiger partial charge in [-0.1, -0.05) is 30.3 Å². The van der Waals surface area contributed by atoms with Crippen molar-refractivity contribution in [1.82, 2.24) is 0 Å². The normalized spacial score (nSPS) is 30.9. The van der Waals surface area contributed by atoms with Crippen LogP contribution in [-0.4, -0.2) is 22.7 Å². The zero-order valence-electron chi connectivity index (χ0n) is 8.26. The van der Waals surface area contributed by atoms with Crippen LogP contribution in [0.3, 0.4) is 0 Å². The van der Waals surface area contributed by atoms with Crippen molar-refractivity contribution in [1.29, 1.82) is 0 Å². The Morgan fingerprint density at radius 3 is 2.60 bits per heavy atom. The number of hydrogen-bond donors (Lipinski definition) is 3. The maximum atomic E-state index is 10.9. The predicted octanol–water partition coefficient (Wildman–Crippen LogP) is -0.282. The molecule has 1 fully saturated rings. The summed E-state index contributed by atoms with van der Waals surface area (Å²) in [5, 5.41) is 9.56. The molecule has 0 saturated heterocycles. The van der Waals surface area contributed by atoms with Crippen molar-refractivity contribution in [2.75, 3.05) is 0 Å². The highest BCUT2D eigenvalue weighted by molar-refractivity contribution is 5.81. The quantitative estimate of drug-likeness (QED) is 0.635. The fourth-order valence-corrected chi connectivity index (χ4v) is 1.98. The molecule has 3 atom stereocenters. The molecule has 0 heterocycles.